The summed E-state index contributed by atoms with van der Waals surface area (Å²) in [5.74, 6) is 0.0952. The molecule has 1 rings (SSSR count). The quantitative estimate of drug-likeness (QED) is 0.675. The van der Waals surface area contributed by atoms with Gasteiger partial charge in [0.1, 0.15) is 0 Å². The molecule has 0 spiro atoms. The summed E-state index contributed by atoms with van der Waals surface area (Å²) in [6, 6.07) is 0.673. The van der Waals surface area contributed by atoms with Gasteiger partial charge in [0.2, 0.25) is 5.91 Å². The number of amides is 1. The maximum atomic E-state index is 11.5. The summed E-state index contributed by atoms with van der Waals surface area (Å²) in [6.45, 7) is 3.74. The van der Waals surface area contributed by atoms with Gasteiger partial charge in [-0.1, -0.05) is 19.3 Å². The first-order valence-electron chi connectivity index (χ1n) is 7.30. The first-order chi connectivity index (χ1) is 8.65. The van der Waals surface area contributed by atoms with Crippen LogP contribution in [0.5, 0.6) is 0 Å². The molecule has 0 aliphatic heterocycles. The van der Waals surface area contributed by atoms with Gasteiger partial charge >= 0.3 is 0 Å². The normalized spacial score (nSPS) is 18.9. The Hall–Kier alpha value is -0.610. The maximum Gasteiger partial charge on any atom is 0.236 e. The van der Waals surface area contributed by atoms with Crippen molar-refractivity contribution in [3.8, 4) is 0 Å². The van der Waals surface area contributed by atoms with Crippen molar-refractivity contribution >= 4 is 5.91 Å². The van der Waals surface area contributed by atoms with E-state index < -0.39 is 0 Å². The molecule has 0 radical (unpaired) electrons. The number of rotatable bonds is 7. The van der Waals surface area contributed by atoms with Gasteiger partial charge in [0.05, 0.1) is 6.04 Å². The first-order valence-corrected chi connectivity index (χ1v) is 7.30. The topological polar surface area (TPSA) is 44.4 Å². The van der Waals surface area contributed by atoms with E-state index in [-0.39, 0.29) is 11.9 Å². The van der Waals surface area contributed by atoms with Crippen LogP contribution in [0.2, 0.25) is 0 Å². The summed E-state index contributed by atoms with van der Waals surface area (Å²) < 4.78 is 0. The largest absolute Gasteiger partial charge is 0.355 e. The molecule has 2 N–H and O–H groups in total. The predicted molar refractivity (Wildman–Crippen MR) is 75.7 cm³/mol. The van der Waals surface area contributed by atoms with Crippen LogP contribution in [0.4, 0.5) is 0 Å². The Morgan fingerprint density at radius 1 is 1.33 bits per heavy atom. The Morgan fingerprint density at radius 2 is 2.00 bits per heavy atom. The van der Waals surface area contributed by atoms with Crippen LogP contribution in [0.1, 0.15) is 45.4 Å². The summed E-state index contributed by atoms with van der Waals surface area (Å²) in [7, 11) is 4.02. The molecule has 18 heavy (non-hydrogen) atoms. The Kier molecular flexibility index (Phi) is 7.28. The lowest BCUT2D eigenvalue weighted by Crippen LogP contribution is -2.41. The second kappa shape index (κ2) is 8.48. The van der Waals surface area contributed by atoms with E-state index in [1.807, 2.05) is 6.92 Å². The predicted octanol–water partition coefficient (Wildman–Crippen LogP) is 1.37. The van der Waals surface area contributed by atoms with Crippen LogP contribution in [-0.2, 0) is 4.79 Å². The van der Waals surface area contributed by atoms with Gasteiger partial charge in [-0.3, -0.25) is 4.79 Å². The number of nitrogens with zero attached hydrogens (tertiary/aromatic N) is 1. The molecule has 0 aromatic carbocycles. The highest BCUT2D eigenvalue weighted by atomic mass is 16.2. The molecular formula is C14H29N3O. The molecule has 1 atom stereocenters. The Balaban J connectivity index is 2.08. The second-order valence-electron chi connectivity index (χ2n) is 5.43. The fraction of sp³-hybridized carbons (Fsp3) is 0.929. The van der Waals surface area contributed by atoms with E-state index in [1.165, 1.54) is 32.1 Å². The van der Waals surface area contributed by atoms with Gasteiger partial charge in [-0.2, -0.15) is 0 Å². The molecule has 4 nitrogen and oxygen atoms in total. The summed E-state index contributed by atoms with van der Waals surface area (Å²) in [4.78, 5) is 14.0. The number of nitrogens with one attached hydrogen (secondary N) is 2. The molecule has 0 heterocycles. The average molecular weight is 255 g/mol. The van der Waals surface area contributed by atoms with Crippen LogP contribution < -0.4 is 10.6 Å². The monoisotopic (exact) mass is 255 g/mol. The van der Waals surface area contributed by atoms with Gasteiger partial charge in [-0.25, -0.2) is 0 Å². The van der Waals surface area contributed by atoms with Crippen molar-refractivity contribution in [3.63, 3.8) is 0 Å². The van der Waals surface area contributed by atoms with E-state index in [4.69, 9.17) is 0 Å². The number of carbonyl (C=O) groups is 1. The van der Waals surface area contributed by atoms with Crippen molar-refractivity contribution in [3.05, 3.63) is 0 Å². The number of hydrogen-bond acceptors (Lipinski definition) is 3. The lowest BCUT2D eigenvalue weighted by atomic mass is 9.94. The SMILES string of the molecule is CNC(C)C(=O)NCCCN(C)C1CCCCC1. The molecule has 0 aromatic heterocycles. The summed E-state index contributed by atoms with van der Waals surface area (Å²) >= 11 is 0. The Labute approximate surface area is 111 Å². The standard InChI is InChI=1S/C14H29N3O/c1-12(15-2)14(18)16-10-7-11-17(3)13-8-5-4-6-9-13/h12-13,15H,4-11H2,1-3H3,(H,16,18). The fourth-order valence-electron chi connectivity index (χ4n) is 2.53. The van der Waals surface area contributed by atoms with Crippen LogP contribution >= 0.6 is 0 Å². The third kappa shape index (κ3) is 5.36. The van der Waals surface area contributed by atoms with Gasteiger partial charge in [0, 0.05) is 12.6 Å². The zero-order valence-corrected chi connectivity index (χ0v) is 12.2. The van der Waals surface area contributed by atoms with E-state index in [0.717, 1.165) is 25.6 Å². The first kappa shape index (κ1) is 15.4. The van der Waals surface area contributed by atoms with Gasteiger partial charge in [-0.05, 0) is 46.8 Å². The molecular weight excluding hydrogens is 226 g/mol. The van der Waals surface area contributed by atoms with Gasteiger partial charge in [0.25, 0.3) is 0 Å². The summed E-state index contributed by atoms with van der Waals surface area (Å²) in [6.07, 6.45) is 7.90. The molecule has 1 amide bonds. The van der Waals surface area contributed by atoms with Crippen molar-refractivity contribution < 1.29 is 4.79 Å². The van der Waals surface area contributed by atoms with E-state index in [2.05, 4.69) is 22.6 Å². The van der Waals surface area contributed by atoms with Crippen molar-refractivity contribution in [1.29, 1.82) is 0 Å². The lowest BCUT2D eigenvalue weighted by molar-refractivity contribution is -0.122. The Bertz CT molecular complexity index is 239. The van der Waals surface area contributed by atoms with Crippen LogP contribution in [0.25, 0.3) is 0 Å². The molecule has 1 aliphatic rings. The van der Waals surface area contributed by atoms with E-state index in [9.17, 15) is 4.79 Å². The molecule has 0 bridgehead atoms. The smallest absolute Gasteiger partial charge is 0.236 e. The van der Waals surface area contributed by atoms with Crippen LogP contribution in [0.3, 0.4) is 0 Å². The van der Waals surface area contributed by atoms with Crippen molar-refractivity contribution in [1.82, 2.24) is 15.5 Å². The second-order valence-corrected chi connectivity index (χ2v) is 5.43. The van der Waals surface area contributed by atoms with Gasteiger partial charge in [0.15, 0.2) is 0 Å². The number of carbonyl (C=O) groups excluding carboxylic acids is 1. The van der Waals surface area contributed by atoms with Crippen LogP contribution in [-0.4, -0.2) is 50.1 Å². The molecule has 0 saturated heterocycles. The molecule has 1 saturated carbocycles. The summed E-state index contributed by atoms with van der Waals surface area (Å²) in [5.41, 5.74) is 0. The fourth-order valence-corrected chi connectivity index (χ4v) is 2.53. The highest BCUT2D eigenvalue weighted by Gasteiger charge is 2.17. The molecule has 0 aromatic rings. The molecule has 1 unspecified atom stereocenters. The Morgan fingerprint density at radius 3 is 2.61 bits per heavy atom. The average Bonchev–Trinajstić information content (AvgIpc) is 2.43. The van der Waals surface area contributed by atoms with Crippen molar-refractivity contribution in [2.24, 2.45) is 0 Å². The zero-order chi connectivity index (χ0) is 13.4. The molecule has 1 aliphatic carbocycles. The minimum Gasteiger partial charge on any atom is -0.355 e. The van der Waals surface area contributed by atoms with E-state index >= 15 is 0 Å². The van der Waals surface area contributed by atoms with Gasteiger partial charge in [-0.15, -0.1) is 0 Å². The lowest BCUT2D eigenvalue weighted by Gasteiger charge is -2.31. The van der Waals surface area contributed by atoms with Gasteiger partial charge < -0.3 is 15.5 Å². The molecule has 4 heteroatoms. The van der Waals surface area contributed by atoms with Crippen molar-refractivity contribution in [2.75, 3.05) is 27.2 Å². The third-order valence-electron chi connectivity index (χ3n) is 4.01. The highest BCUT2D eigenvalue weighted by molar-refractivity contribution is 5.81. The molecule has 106 valence electrons. The number of likely N-dealkylation sites (N-methyl/N-ethyl adjacent to an activating group) is 1. The zero-order valence-electron chi connectivity index (χ0n) is 12.2. The van der Waals surface area contributed by atoms with Crippen molar-refractivity contribution in [2.45, 2.75) is 57.5 Å². The highest BCUT2D eigenvalue weighted by Crippen LogP contribution is 2.21. The van der Waals surface area contributed by atoms with E-state index in [1.54, 1.807) is 7.05 Å². The third-order valence-corrected chi connectivity index (χ3v) is 4.01. The summed E-state index contributed by atoms with van der Waals surface area (Å²) in [5, 5.41) is 5.91. The number of hydrogen-bond donors (Lipinski definition) is 2. The maximum absolute atomic E-state index is 11.5. The molecule has 1 fully saturated rings. The van der Waals surface area contributed by atoms with E-state index in [0.29, 0.717) is 0 Å². The van der Waals surface area contributed by atoms with Crippen LogP contribution in [0, 0.1) is 0 Å². The minimum atomic E-state index is -0.0962. The van der Waals surface area contributed by atoms with Crippen LogP contribution in [0.15, 0.2) is 0 Å². The minimum absolute atomic E-state index is 0.0952.